The molecular weight excluding hydrogens is 140 g/mol. The number of hydrogen-bond acceptors (Lipinski definition) is 2. The normalized spacial score (nSPS) is 26.2. The Morgan fingerprint density at radius 1 is 1.45 bits per heavy atom. The molecule has 0 aromatic carbocycles. The van der Waals surface area contributed by atoms with Crippen LogP contribution in [0.1, 0.15) is 38.5 Å². The molecule has 0 aliphatic heterocycles. The SMILES string of the molecule is O=CC[C@H]1CCCCC(=O)C1. The molecule has 2 nitrogen and oxygen atoms in total. The molecule has 0 radical (unpaired) electrons. The summed E-state index contributed by atoms with van der Waals surface area (Å²) in [5, 5.41) is 0. The second-order valence-corrected chi connectivity index (χ2v) is 3.26. The molecule has 0 spiro atoms. The van der Waals surface area contributed by atoms with Crippen molar-refractivity contribution in [3.8, 4) is 0 Å². The van der Waals surface area contributed by atoms with E-state index in [-0.39, 0.29) is 0 Å². The van der Waals surface area contributed by atoms with E-state index in [1.807, 2.05) is 0 Å². The van der Waals surface area contributed by atoms with E-state index in [2.05, 4.69) is 0 Å². The molecule has 1 fully saturated rings. The fourth-order valence-corrected chi connectivity index (χ4v) is 1.62. The summed E-state index contributed by atoms with van der Waals surface area (Å²) in [6.45, 7) is 0. The van der Waals surface area contributed by atoms with Crippen molar-refractivity contribution in [3.05, 3.63) is 0 Å². The zero-order valence-electron chi connectivity index (χ0n) is 6.71. The van der Waals surface area contributed by atoms with E-state index in [9.17, 15) is 9.59 Å². The fraction of sp³-hybridized carbons (Fsp3) is 0.778. The average molecular weight is 154 g/mol. The molecule has 1 aliphatic carbocycles. The Morgan fingerprint density at radius 2 is 2.27 bits per heavy atom. The molecule has 62 valence electrons. The molecular formula is C9H14O2. The average Bonchev–Trinajstić information content (AvgIpc) is 2.15. The van der Waals surface area contributed by atoms with Gasteiger partial charge in [0.25, 0.3) is 0 Å². The van der Waals surface area contributed by atoms with Gasteiger partial charge in [0.1, 0.15) is 12.1 Å². The third kappa shape index (κ3) is 2.83. The number of aldehydes is 1. The highest BCUT2D eigenvalue weighted by Crippen LogP contribution is 2.22. The van der Waals surface area contributed by atoms with Gasteiger partial charge in [-0.05, 0) is 18.8 Å². The van der Waals surface area contributed by atoms with Gasteiger partial charge in [-0.15, -0.1) is 0 Å². The van der Waals surface area contributed by atoms with E-state index in [1.165, 1.54) is 0 Å². The summed E-state index contributed by atoms with van der Waals surface area (Å²) in [4.78, 5) is 21.2. The first kappa shape index (κ1) is 8.44. The van der Waals surface area contributed by atoms with Gasteiger partial charge in [-0.2, -0.15) is 0 Å². The summed E-state index contributed by atoms with van der Waals surface area (Å²) in [6.07, 6.45) is 6.08. The molecule has 11 heavy (non-hydrogen) atoms. The van der Waals surface area contributed by atoms with E-state index in [0.29, 0.717) is 24.5 Å². The molecule has 0 aromatic heterocycles. The van der Waals surface area contributed by atoms with Gasteiger partial charge in [0.05, 0.1) is 0 Å². The maximum Gasteiger partial charge on any atom is 0.133 e. The Kier molecular flexibility index (Phi) is 3.27. The molecule has 1 aliphatic rings. The van der Waals surface area contributed by atoms with Crippen molar-refractivity contribution < 1.29 is 9.59 Å². The largest absolute Gasteiger partial charge is 0.303 e. The maximum absolute atomic E-state index is 11.1. The summed E-state index contributed by atoms with van der Waals surface area (Å²) < 4.78 is 0. The van der Waals surface area contributed by atoms with Crippen molar-refractivity contribution in [2.45, 2.75) is 38.5 Å². The molecule has 0 bridgehead atoms. The molecule has 0 saturated heterocycles. The van der Waals surface area contributed by atoms with Gasteiger partial charge in [0, 0.05) is 19.3 Å². The lowest BCUT2D eigenvalue weighted by molar-refractivity contribution is -0.119. The summed E-state index contributed by atoms with van der Waals surface area (Å²) in [5.74, 6) is 0.692. The van der Waals surface area contributed by atoms with E-state index in [0.717, 1.165) is 32.0 Å². The standard InChI is InChI=1S/C9H14O2/c10-6-5-8-3-1-2-4-9(11)7-8/h6,8H,1-5,7H2/t8-/m1/s1. The highest BCUT2D eigenvalue weighted by Gasteiger charge is 2.16. The minimum Gasteiger partial charge on any atom is -0.303 e. The zero-order valence-corrected chi connectivity index (χ0v) is 6.71. The van der Waals surface area contributed by atoms with Crippen LogP contribution in [0.5, 0.6) is 0 Å². The Bertz CT molecular complexity index is 152. The molecule has 0 unspecified atom stereocenters. The summed E-state index contributed by atoms with van der Waals surface area (Å²) in [5.41, 5.74) is 0. The minimum atomic E-state index is 0.342. The van der Waals surface area contributed by atoms with Crippen LogP contribution in [0.3, 0.4) is 0 Å². The van der Waals surface area contributed by atoms with Crippen LogP contribution >= 0.6 is 0 Å². The van der Waals surface area contributed by atoms with Crippen LogP contribution in [0.2, 0.25) is 0 Å². The van der Waals surface area contributed by atoms with Crippen LogP contribution in [-0.4, -0.2) is 12.1 Å². The third-order valence-electron chi connectivity index (χ3n) is 2.26. The van der Waals surface area contributed by atoms with Gasteiger partial charge in [0.2, 0.25) is 0 Å². The minimum absolute atomic E-state index is 0.342. The van der Waals surface area contributed by atoms with Crippen molar-refractivity contribution in [1.29, 1.82) is 0 Å². The van der Waals surface area contributed by atoms with Gasteiger partial charge >= 0.3 is 0 Å². The quantitative estimate of drug-likeness (QED) is 0.448. The van der Waals surface area contributed by atoms with Gasteiger partial charge in [-0.25, -0.2) is 0 Å². The van der Waals surface area contributed by atoms with E-state index in [4.69, 9.17) is 0 Å². The number of carbonyl (C=O) groups is 2. The number of Topliss-reactive ketones (excluding diaryl/α,β-unsaturated/α-hetero) is 1. The molecule has 0 aromatic rings. The number of carbonyl (C=O) groups excluding carboxylic acids is 2. The monoisotopic (exact) mass is 154 g/mol. The maximum atomic E-state index is 11.1. The second-order valence-electron chi connectivity index (χ2n) is 3.26. The smallest absolute Gasteiger partial charge is 0.133 e. The Balaban J connectivity index is 2.38. The van der Waals surface area contributed by atoms with Crippen molar-refractivity contribution in [2.24, 2.45) is 5.92 Å². The van der Waals surface area contributed by atoms with Crippen molar-refractivity contribution >= 4 is 12.1 Å². The topological polar surface area (TPSA) is 34.1 Å². The van der Waals surface area contributed by atoms with Gasteiger partial charge in [-0.1, -0.05) is 6.42 Å². The van der Waals surface area contributed by atoms with Crippen molar-refractivity contribution in [2.75, 3.05) is 0 Å². The van der Waals surface area contributed by atoms with Crippen molar-refractivity contribution in [1.82, 2.24) is 0 Å². The number of ketones is 1. The molecule has 0 amide bonds. The first-order valence-corrected chi connectivity index (χ1v) is 4.28. The van der Waals surface area contributed by atoms with Crippen LogP contribution < -0.4 is 0 Å². The van der Waals surface area contributed by atoms with E-state index in [1.54, 1.807) is 0 Å². The Hall–Kier alpha value is -0.660. The molecule has 1 rings (SSSR count). The predicted octanol–water partition coefficient (Wildman–Crippen LogP) is 1.72. The van der Waals surface area contributed by atoms with Crippen molar-refractivity contribution in [3.63, 3.8) is 0 Å². The molecule has 0 heterocycles. The van der Waals surface area contributed by atoms with E-state index < -0.39 is 0 Å². The lowest BCUT2D eigenvalue weighted by Gasteiger charge is -2.07. The van der Waals surface area contributed by atoms with E-state index >= 15 is 0 Å². The summed E-state index contributed by atoms with van der Waals surface area (Å²) >= 11 is 0. The number of rotatable bonds is 2. The van der Waals surface area contributed by atoms with Gasteiger partial charge in [0.15, 0.2) is 0 Å². The highest BCUT2D eigenvalue weighted by molar-refractivity contribution is 5.79. The predicted molar refractivity (Wildman–Crippen MR) is 42.3 cm³/mol. The number of hydrogen-bond donors (Lipinski definition) is 0. The highest BCUT2D eigenvalue weighted by atomic mass is 16.1. The summed E-state index contributed by atoms with van der Waals surface area (Å²) in [6, 6.07) is 0. The Morgan fingerprint density at radius 3 is 3.00 bits per heavy atom. The van der Waals surface area contributed by atoms with Crippen LogP contribution in [-0.2, 0) is 9.59 Å². The van der Waals surface area contributed by atoms with Crippen LogP contribution in [0.25, 0.3) is 0 Å². The van der Waals surface area contributed by atoms with Gasteiger partial charge in [-0.3, -0.25) is 4.79 Å². The summed E-state index contributed by atoms with van der Waals surface area (Å²) in [7, 11) is 0. The van der Waals surface area contributed by atoms with Crippen LogP contribution in [0.4, 0.5) is 0 Å². The van der Waals surface area contributed by atoms with Crippen LogP contribution in [0.15, 0.2) is 0 Å². The lowest BCUT2D eigenvalue weighted by atomic mass is 9.97. The molecule has 2 heteroatoms. The molecule has 1 saturated carbocycles. The fourth-order valence-electron chi connectivity index (χ4n) is 1.62. The Labute approximate surface area is 67.0 Å². The molecule has 0 N–H and O–H groups in total. The second kappa shape index (κ2) is 4.27. The first-order valence-electron chi connectivity index (χ1n) is 4.28. The molecule has 1 atom stereocenters. The first-order chi connectivity index (χ1) is 5.33. The third-order valence-corrected chi connectivity index (χ3v) is 2.26. The van der Waals surface area contributed by atoms with Crippen LogP contribution in [0, 0.1) is 5.92 Å². The lowest BCUT2D eigenvalue weighted by Crippen LogP contribution is -2.05. The zero-order chi connectivity index (χ0) is 8.10. The van der Waals surface area contributed by atoms with Gasteiger partial charge < -0.3 is 4.79 Å².